The van der Waals surface area contributed by atoms with E-state index in [2.05, 4.69) is 24.1 Å². The van der Waals surface area contributed by atoms with Crippen molar-refractivity contribution in [2.45, 2.75) is 70.9 Å². The van der Waals surface area contributed by atoms with Crippen LogP contribution in [0.1, 0.15) is 58.8 Å². The predicted molar refractivity (Wildman–Crippen MR) is 80.3 cm³/mol. The SMILES string of the molecule is CCC1(CC)CCN(CCC(CO)NC2CC2)CC1. The minimum atomic E-state index is 0.290. The van der Waals surface area contributed by atoms with Crippen LogP contribution in [0.3, 0.4) is 0 Å². The largest absolute Gasteiger partial charge is 0.395 e. The van der Waals surface area contributed by atoms with Gasteiger partial charge in [0.2, 0.25) is 0 Å². The lowest BCUT2D eigenvalue weighted by atomic mass is 9.74. The quantitative estimate of drug-likeness (QED) is 0.709. The highest BCUT2D eigenvalue weighted by molar-refractivity contribution is 4.87. The molecule has 3 nitrogen and oxygen atoms in total. The standard InChI is InChI=1S/C16H32N2O/c1-3-16(4-2)8-11-18(12-9-16)10-7-15(13-19)17-14-5-6-14/h14-15,17,19H,3-13H2,1-2H3. The van der Waals surface area contributed by atoms with Crippen LogP contribution < -0.4 is 5.32 Å². The van der Waals surface area contributed by atoms with Crippen molar-refractivity contribution in [1.29, 1.82) is 0 Å². The molecule has 1 saturated heterocycles. The lowest BCUT2D eigenvalue weighted by Crippen LogP contribution is -2.43. The van der Waals surface area contributed by atoms with Gasteiger partial charge in [0.1, 0.15) is 0 Å². The van der Waals surface area contributed by atoms with Gasteiger partial charge >= 0.3 is 0 Å². The maximum atomic E-state index is 9.41. The van der Waals surface area contributed by atoms with Crippen molar-refractivity contribution in [3.63, 3.8) is 0 Å². The Hall–Kier alpha value is -0.120. The van der Waals surface area contributed by atoms with Gasteiger partial charge in [-0.25, -0.2) is 0 Å². The van der Waals surface area contributed by atoms with E-state index in [-0.39, 0.29) is 6.61 Å². The molecule has 112 valence electrons. The van der Waals surface area contributed by atoms with Crippen LogP contribution in [0.15, 0.2) is 0 Å². The fourth-order valence-corrected chi connectivity index (χ4v) is 3.36. The second kappa shape index (κ2) is 7.05. The Morgan fingerprint density at radius 2 is 1.84 bits per heavy atom. The minimum absolute atomic E-state index is 0.290. The zero-order valence-electron chi connectivity index (χ0n) is 12.8. The van der Waals surface area contributed by atoms with Crippen LogP contribution >= 0.6 is 0 Å². The smallest absolute Gasteiger partial charge is 0.0585 e. The molecule has 0 aromatic heterocycles. The molecule has 3 heteroatoms. The van der Waals surface area contributed by atoms with Crippen LogP contribution in [0.25, 0.3) is 0 Å². The van der Waals surface area contributed by atoms with Gasteiger partial charge in [0, 0.05) is 12.1 Å². The Morgan fingerprint density at radius 1 is 1.21 bits per heavy atom. The molecule has 0 aromatic carbocycles. The van der Waals surface area contributed by atoms with Crippen LogP contribution in [-0.2, 0) is 0 Å². The van der Waals surface area contributed by atoms with E-state index in [1.807, 2.05) is 0 Å². The zero-order valence-corrected chi connectivity index (χ0v) is 12.8. The first-order valence-electron chi connectivity index (χ1n) is 8.30. The molecule has 19 heavy (non-hydrogen) atoms. The Labute approximate surface area is 118 Å². The summed E-state index contributed by atoms with van der Waals surface area (Å²) in [5, 5.41) is 13.0. The highest BCUT2D eigenvalue weighted by Crippen LogP contribution is 2.37. The molecular formula is C16H32N2O. The molecule has 1 aliphatic heterocycles. The molecule has 2 rings (SSSR count). The molecular weight excluding hydrogens is 236 g/mol. The number of rotatable bonds is 8. The van der Waals surface area contributed by atoms with Gasteiger partial charge < -0.3 is 15.3 Å². The summed E-state index contributed by atoms with van der Waals surface area (Å²) in [6.07, 6.45) is 9.09. The molecule has 2 fully saturated rings. The fourth-order valence-electron chi connectivity index (χ4n) is 3.36. The van der Waals surface area contributed by atoms with E-state index in [0.29, 0.717) is 17.5 Å². The molecule has 0 spiro atoms. The van der Waals surface area contributed by atoms with Crippen LogP contribution in [0, 0.1) is 5.41 Å². The number of piperidine rings is 1. The summed E-state index contributed by atoms with van der Waals surface area (Å²) < 4.78 is 0. The fraction of sp³-hybridized carbons (Fsp3) is 1.00. The summed E-state index contributed by atoms with van der Waals surface area (Å²) in [6.45, 7) is 8.64. The number of aliphatic hydroxyl groups excluding tert-OH is 1. The van der Waals surface area contributed by atoms with Gasteiger partial charge in [0.25, 0.3) is 0 Å². The number of aliphatic hydroxyl groups is 1. The third kappa shape index (κ3) is 4.44. The average molecular weight is 268 g/mol. The van der Waals surface area contributed by atoms with E-state index < -0.39 is 0 Å². The van der Waals surface area contributed by atoms with Crippen molar-refractivity contribution in [3.05, 3.63) is 0 Å². The number of likely N-dealkylation sites (tertiary alicyclic amines) is 1. The van der Waals surface area contributed by atoms with Crippen molar-refractivity contribution in [3.8, 4) is 0 Å². The van der Waals surface area contributed by atoms with Gasteiger partial charge in [-0.15, -0.1) is 0 Å². The van der Waals surface area contributed by atoms with E-state index in [0.717, 1.165) is 13.0 Å². The molecule has 2 N–H and O–H groups in total. The molecule has 0 bridgehead atoms. The van der Waals surface area contributed by atoms with Gasteiger partial charge in [0.15, 0.2) is 0 Å². The van der Waals surface area contributed by atoms with Crippen molar-refractivity contribution < 1.29 is 5.11 Å². The number of hydrogen-bond donors (Lipinski definition) is 2. The topological polar surface area (TPSA) is 35.5 Å². The second-order valence-electron chi connectivity index (χ2n) is 6.66. The van der Waals surface area contributed by atoms with E-state index in [9.17, 15) is 5.11 Å². The maximum absolute atomic E-state index is 9.41. The van der Waals surface area contributed by atoms with Crippen molar-refractivity contribution in [2.75, 3.05) is 26.2 Å². The lowest BCUT2D eigenvalue weighted by Gasteiger charge is -2.41. The molecule has 0 radical (unpaired) electrons. The average Bonchev–Trinajstić information content (AvgIpc) is 3.28. The highest BCUT2D eigenvalue weighted by atomic mass is 16.3. The third-order valence-corrected chi connectivity index (χ3v) is 5.48. The summed E-state index contributed by atoms with van der Waals surface area (Å²) >= 11 is 0. The molecule has 1 saturated carbocycles. The lowest BCUT2D eigenvalue weighted by molar-refractivity contribution is 0.0899. The van der Waals surface area contributed by atoms with E-state index in [1.165, 1.54) is 51.6 Å². The third-order valence-electron chi connectivity index (χ3n) is 5.48. The Balaban J connectivity index is 1.66. The van der Waals surface area contributed by atoms with E-state index in [1.54, 1.807) is 0 Å². The second-order valence-corrected chi connectivity index (χ2v) is 6.66. The summed E-state index contributed by atoms with van der Waals surface area (Å²) in [4.78, 5) is 2.60. The van der Waals surface area contributed by atoms with E-state index >= 15 is 0 Å². The number of nitrogens with one attached hydrogen (secondary N) is 1. The van der Waals surface area contributed by atoms with Crippen molar-refractivity contribution in [2.24, 2.45) is 5.41 Å². The van der Waals surface area contributed by atoms with Crippen LogP contribution in [0.2, 0.25) is 0 Å². The first kappa shape index (κ1) is 15.3. The predicted octanol–water partition coefficient (Wildman–Crippen LogP) is 2.39. The summed E-state index contributed by atoms with van der Waals surface area (Å²) in [5.41, 5.74) is 0.624. The monoisotopic (exact) mass is 268 g/mol. The van der Waals surface area contributed by atoms with Crippen LogP contribution in [0.4, 0.5) is 0 Å². The van der Waals surface area contributed by atoms with Crippen LogP contribution in [0.5, 0.6) is 0 Å². The summed E-state index contributed by atoms with van der Waals surface area (Å²) in [7, 11) is 0. The van der Waals surface area contributed by atoms with Crippen molar-refractivity contribution >= 4 is 0 Å². The van der Waals surface area contributed by atoms with Crippen LogP contribution in [-0.4, -0.2) is 48.3 Å². The molecule has 0 aromatic rings. The van der Waals surface area contributed by atoms with Crippen molar-refractivity contribution in [1.82, 2.24) is 10.2 Å². The molecule has 1 aliphatic carbocycles. The molecule has 0 amide bonds. The Bertz CT molecular complexity index is 251. The number of nitrogens with zero attached hydrogens (tertiary/aromatic N) is 1. The van der Waals surface area contributed by atoms with Gasteiger partial charge in [-0.05, 0) is 57.2 Å². The maximum Gasteiger partial charge on any atom is 0.0585 e. The minimum Gasteiger partial charge on any atom is -0.395 e. The normalized spacial score (nSPS) is 25.4. The Morgan fingerprint density at radius 3 is 2.32 bits per heavy atom. The number of hydrogen-bond acceptors (Lipinski definition) is 3. The van der Waals surface area contributed by atoms with Gasteiger partial charge in [-0.1, -0.05) is 26.7 Å². The van der Waals surface area contributed by atoms with Gasteiger partial charge in [-0.3, -0.25) is 0 Å². The first-order valence-corrected chi connectivity index (χ1v) is 8.30. The Kier molecular flexibility index (Phi) is 5.67. The molecule has 1 unspecified atom stereocenters. The van der Waals surface area contributed by atoms with Gasteiger partial charge in [0.05, 0.1) is 6.61 Å². The van der Waals surface area contributed by atoms with Gasteiger partial charge in [-0.2, -0.15) is 0 Å². The molecule has 2 aliphatic rings. The highest BCUT2D eigenvalue weighted by Gasteiger charge is 2.31. The summed E-state index contributed by atoms with van der Waals surface area (Å²) in [6, 6.07) is 1.02. The summed E-state index contributed by atoms with van der Waals surface area (Å²) in [5.74, 6) is 0. The van der Waals surface area contributed by atoms with E-state index in [4.69, 9.17) is 0 Å². The zero-order chi connectivity index (χ0) is 13.7. The molecule has 1 heterocycles. The first-order chi connectivity index (χ1) is 9.21. The molecule has 1 atom stereocenters.